The van der Waals surface area contributed by atoms with Gasteiger partial charge in [0, 0.05) is 18.5 Å². The molecule has 8 nitrogen and oxygen atoms in total. The van der Waals surface area contributed by atoms with Crippen LogP contribution in [0.1, 0.15) is 27.9 Å². The lowest BCUT2D eigenvalue weighted by molar-refractivity contribution is -0.133. The highest BCUT2D eigenvalue weighted by atomic mass is 16.7. The Kier molecular flexibility index (Phi) is 7.62. The van der Waals surface area contributed by atoms with Crippen LogP contribution in [0.25, 0.3) is 0 Å². The van der Waals surface area contributed by atoms with E-state index in [1.54, 1.807) is 30.3 Å². The smallest absolute Gasteiger partial charge is 0.493 e. The summed E-state index contributed by atoms with van der Waals surface area (Å²) in [6, 6.07) is 23.4. The first-order valence-corrected chi connectivity index (χ1v) is 11.1. The molecule has 0 spiro atoms. The summed E-state index contributed by atoms with van der Waals surface area (Å²) in [4.78, 5) is 38.9. The van der Waals surface area contributed by atoms with Crippen LogP contribution in [0.15, 0.2) is 78.9 Å². The molecule has 2 amide bonds. The van der Waals surface area contributed by atoms with E-state index in [2.05, 4.69) is 0 Å². The zero-order valence-corrected chi connectivity index (χ0v) is 19.2. The predicted molar refractivity (Wildman–Crippen MR) is 126 cm³/mol. The third-order valence-corrected chi connectivity index (χ3v) is 5.49. The first-order valence-electron chi connectivity index (χ1n) is 11.1. The summed E-state index contributed by atoms with van der Waals surface area (Å²) >= 11 is 0. The minimum atomic E-state index is -1.07. The first kappa shape index (κ1) is 23.8. The lowest BCUT2D eigenvalue weighted by atomic mass is 10.1. The molecule has 180 valence electrons. The molecule has 1 heterocycles. The molecule has 3 aromatic carbocycles. The number of imide groups is 1. The number of hydrogen-bond acceptors (Lipinski definition) is 7. The molecule has 1 atom stereocenters. The van der Waals surface area contributed by atoms with Crippen molar-refractivity contribution in [2.45, 2.75) is 25.7 Å². The SMILES string of the molecule is COc1ccc(C(=O)N2CC[C@@H](OC(=O)OCc3ccccc3)C2=O)cc1OCc1ccccc1. The van der Waals surface area contributed by atoms with Gasteiger partial charge >= 0.3 is 6.16 Å². The zero-order chi connectivity index (χ0) is 24.6. The maximum Gasteiger partial charge on any atom is 0.509 e. The number of amides is 2. The van der Waals surface area contributed by atoms with Gasteiger partial charge < -0.3 is 18.9 Å². The number of hydrogen-bond donors (Lipinski definition) is 0. The molecule has 1 fully saturated rings. The number of rotatable bonds is 8. The number of methoxy groups -OCH3 is 1. The van der Waals surface area contributed by atoms with Gasteiger partial charge in [0.25, 0.3) is 11.8 Å². The van der Waals surface area contributed by atoms with Crippen molar-refractivity contribution >= 4 is 18.0 Å². The molecule has 1 aliphatic heterocycles. The maximum absolute atomic E-state index is 13.1. The molecule has 0 unspecified atom stereocenters. The van der Waals surface area contributed by atoms with Gasteiger partial charge in [0.2, 0.25) is 0 Å². The molecule has 0 N–H and O–H groups in total. The summed E-state index contributed by atoms with van der Waals surface area (Å²) in [6.45, 7) is 0.444. The third-order valence-electron chi connectivity index (χ3n) is 5.49. The first-order chi connectivity index (χ1) is 17.0. The molecule has 0 aliphatic carbocycles. The van der Waals surface area contributed by atoms with Crippen LogP contribution >= 0.6 is 0 Å². The largest absolute Gasteiger partial charge is 0.509 e. The normalized spacial score (nSPS) is 14.9. The fourth-order valence-corrected chi connectivity index (χ4v) is 3.65. The molecule has 35 heavy (non-hydrogen) atoms. The van der Waals surface area contributed by atoms with Gasteiger partial charge in [-0.3, -0.25) is 14.5 Å². The third kappa shape index (κ3) is 5.97. The molecule has 4 rings (SSSR count). The average molecular weight is 475 g/mol. The lowest BCUT2D eigenvalue weighted by Gasteiger charge is -2.17. The van der Waals surface area contributed by atoms with Crippen LogP contribution in [-0.2, 0) is 27.5 Å². The molecule has 0 radical (unpaired) electrons. The van der Waals surface area contributed by atoms with Crippen molar-refractivity contribution < 1.29 is 33.3 Å². The second-order valence-electron chi connectivity index (χ2n) is 7.85. The van der Waals surface area contributed by atoms with Crippen LogP contribution in [0.4, 0.5) is 4.79 Å². The summed E-state index contributed by atoms with van der Waals surface area (Å²) in [5.74, 6) is -0.251. The topological polar surface area (TPSA) is 91.4 Å². The highest BCUT2D eigenvalue weighted by Gasteiger charge is 2.39. The second-order valence-corrected chi connectivity index (χ2v) is 7.85. The van der Waals surface area contributed by atoms with Crippen LogP contribution in [0.2, 0.25) is 0 Å². The van der Waals surface area contributed by atoms with Gasteiger partial charge in [-0.25, -0.2) is 4.79 Å². The number of benzene rings is 3. The van der Waals surface area contributed by atoms with E-state index in [4.69, 9.17) is 18.9 Å². The molecule has 1 saturated heterocycles. The highest BCUT2D eigenvalue weighted by molar-refractivity contribution is 6.07. The van der Waals surface area contributed by atoms with E-state index in [9.17, 15) is 14.4 Å². The highest BCUT2D eigenvalue weighted by Crippen LogP contribution is 2.30. The van der Waals surface area contributed by atoms with Crippen molar-refractivity contribution in [2.75, 3.05) is 13.7 Å². The van der Waals surface area contributed by atoms with E-state index in [1.807, 2.05) is 48.5 Å². The van der Waals surface area contributed by atoms with Crippen LogP contribution in [0, 0.1) is 0 Å². The van der Waals surface area contributed by atoms with E-state index in [-0.39, 0.29) is 25.1 Å². The summed E-state index contributed by atoms with van der Waals surface area (Å²) in [7, 11) is 1.51. The standard InChI is InChI=1S/C27H25NO7/c1-32-22-13-12-21(16-24(22)33-17-19-8-4-2-5-9-19)25(29)28-15-14-23(26(28)30)35-27(31)34-18-20-10-6-3-7-11-20/h2-13,16,23H,14-15,17-18H2,1H3/t23-/m1/s1. The van der Waals surface area contributed by atoms with E-state index in [0.29, 0.717) is 18.1 Å². The Labute approximate surface area is 203 Å². The van der Waals surface area contributed by atoms with Crippen LogP contribution in [0.3, 0.4) is 0 Å². The van der Waals surface area contributed by atoms with Crippen molar-refractivity contribution in [3.8, 4) is 11.5 Å². The van der Waals surface area contributed by atoms with Crippen LogP contribution in [-0.4, -0.2) is 42.6 Å². The second kappa shape index (κ2) is 11.2. The van der Waals surface area contributed by atoms with E-state index in [1.165, 1.54) is 7.11 Å². The van der Waals surface area contributed by atoms with Crippen molar-refractivity contribution in [3.05, 3.63) is 95.6 Å². The fourth-order valence-electron chi connectivity index (χ4n) is 3.65. The number of nitrogens with zero attached hydrogens (tertiary/aromatic N) is 1. The Hall–Kier alpha value is -4.33. The van der Waals surface area contributed by atoms with Gasteiger partial charge in [0.15, 0.2) is 17.6 Å². The van der Waals surface area contributed by atoms with E-state index < -0.39 is 24.1 Å². The van der Waals surface area contributed by atoms with Gasteiger partial charge in [-0.1, -0.05) is 60.7 Å². The van der Waals surface area contributed by atoms with E-state index >= 15 is 0 Å². The Balaban J connectivity index is 1.37. The molecule has 8 heteroatoms. The van der Waals surface area contributed by atoms with Crippen molar-refractivity contribution in [3.63, 3.8) is 0 Å². The van der Waals surface area contributed by atoms with Gasteiger partial charge in [-0.15, -0.1) is 0 Å². The number of likely N-dealkylation sites (tertiary alicyclic amines) is 1. The van der Waals surface area contributed by atoms with Crippen LogP contribution < -0.4 is 9.47 Å². The predicted octanol–water partition coefficient (Wildman–Crippen LogP) is 4.37. The molecular weight excluding hydrogens is 450 g/mol. The molecule has 0 aromatic heterocycles. The van der Waals surface area contributed by atoms with Gasteiger partial charge in [-0.2, -0.15) is 0 Å². The van der Waals surface area contributed by atoms with Crippen molar-refractivity contribution in [1.29, 1.82) is 0 Å². The molecular formula is C27H25NO7. The summed E-state index contributed by atoms with van der Waals surface area (Å²) in [5.41, 5.74) is 2.01. The number of carbonyl (C=O) groups is 3. The van der Waals surface area contributed by atoms with Gasteiger partial charge in [0.05, 0.1) is 7.11 Å². The quantitative estimate of drug-likeness (QED) is 0.353. The monoisotopic (exact) mass is 475 g/mol. The lowest BCUT2D eigenvalue weighted by Crippen LogP contribution is -2.36. The number of ether oxygens (including phenoxy) is 4. The summed E-state index contributed by atoms with van der Waals surface area (Å²) in [6.07, 6.45) is -1.84. The molecule has 1 aliphatic rings. The Morgan fingerprint density at radius 1 is 0.886 bits per heavy atom. The summed E-state index contributed by atoms with van der Waals surface area (Å²) in [5, 5.41) is 0. The van der Waals surface area contributed by atoms with Crippen molar-refractivity contribution in [1.82, 2.24) is 4.90 Å². The summed E-state index contributed by atoms with van der Waals surface area (Å²) < 4.78 is 21.4. The van der Waals surface area contributed by atoms with Gasteiger partial charge in [0.1, 0.15) is 13.2 Å². The molecule has 0 saturated carbocycles. The van der Waals surface area contributed by atoms with Crippen molar-refractivity contribution in [2.24, 2.45) is 0 Å². The Bertz CT molecular complexity index is 1180. The molecule has 0 bridgehead atoms. The Morgan fingerprint density at radius 2 is 1.54 bits per heavy atom. The zero-order valence-electron chi connectivity index (χ0n) is 19.2. The minimum Gasteiger partial charge on any atom is -0.493 e. The number of carbonyl (C=O) groups excluding carboxylic acids is 3. The van der Waals surface area contributed by atoms with Crippen LogP contribution in [0.5, 0.6) is 11.5 Å². The molecule has 3 aromatic rings. The average Bonchev–Trinajstić information content (AvgIpc) is 3.26. The van der Waals surface area contributed by atoms with E-state index in [0.717, 1.165) is 16.0 Å². The minimum absolute atomic E-state index is 0.0286. The maximum atomic E-state index is 13.1. The van der Waals surface area contributed by atoms with Gasteiger partial charge in [-0.05, 0) is 29.3 Å². The Morgan fingerprint density at radius 3 is 2.20 bits per heavy atom. The fraction of sp³-hybridized carbons (Fsp3) is 0.222.